The smallest absolute Gasteiger partial charge is 0.270 e. The van der Waals surface area contributed by atoms with Gasteiger partial charge in [0.15, 0.2) is 4.34 Å². The van der Waals surface area contributed by atoms with Gasteiger partial charge in [0.05, 0.1) is 4.92 Å². The van der Waals surface area contributed by atoms with Crippen molar-refractivity contribution >= 4 is 39.8 Å². The van der Waals surface area contributed by atoms with E-state index >= 15 is 0 Å². The summed E-state index contributed by atoms with van der Waals surface area (Å²) in [6, 6.07) is 5.56. The van der Waals surface area contributed by atoms with Crippen LogP contribution in [-0.4, -0.2) is 26.8 Å². The third-order valence-electron chi connectivity index (χ3n) is 3.68. The maximum atomic E-state index is 12.2. The Morgan fingerprint density at radius 3 is 2.79 bits per heavy atom. The van der Waals surface area contributed by atoms with E-state index in [0.717, 1.165) is 22.9 Å². The number of hydrogen-bond donors (Lipinski definition) is 1. The van der Waals surface area contributed by atoms with Crippen molar-refractivity contribution in [3.63, 3.8) is 0 Å². The largest absolute Gasteiger partial charge is 0.296 e. The first-order valence-corrected chi connectivity index (χ1v) is 10.5. The normalized spacial score (nSPS) is 11.2. The highest BCUT2D eigenvalue weighted by Crippen LogP contribution is 2.26. The number of anilines is 1. The summed E-state index contributed by atoms with van der Waals surface area (Å²) in [5, 5.41) is 21.8. The third-order valence-corrected chi connectivity index (χ3v) is 5.57. The second-order valence-electron chi connectivity index (χ2n) is 6.32. The number of thioether (sulfide) groups is 1. The van der Waals surface area contributed by atoms with E-state index < -0.39 is 10.8 Å². The van der Waals surface area contributed by atoms with E-state index in [1.165, 1.54) is 46.7 Å². The van der Waals surface area contributed by atoms with Gasteiger partial charge in [-0.25, -0.2) is 0 Å². The Labute approximate surface area is 172 Å². The molecule has 1 amide bonds. The fraction of sp³-hybridized carbons (Fsp3) is 0.316. The van der Waals surface area contributed by atoms with Gasteiger partial charge in [0.2, 0.25) is 5.13 Å². The molecule has 9 heteroatoms. The molecule has 7 nitrogen and oxygen atoms in total. The Hall–Kier alpha value is -2.52. The molecular formula is C19H22N4O3S2. The van der Waals surface area contributed by atoms with Crippen LogP contribution < -0.4 is 5.32 Å². The second kappa shape index (κ2) is 10.7. The Morgan fingerprint density at radius 1 is 1.29 bits per heavy atom. The van der Waals surface area contributed by atoms with Crippen LogP contribution in [0, 0.1) is 10.1 Å². The van der Waals surface area contributed by atoms with Crippen molar-refractivity contribution in [1.29, 1.82) is 0 Å². The summed E-state index contributed by atoms with van der Waals surface area (Å²) in [5.41, 5.74) is 2.73. The number of rotatable bonds is 9. The number of aromatic nitrogens is 2. The Bertz CT molecular complexity index is 902. The van der Waals surface area contributed by atoms with Gasteiger partial charge in [0.25, 0.3) is 11.6 Å². The molecule has 148 valence electrons. The molecule has 0 aliphatic rings. The molecule has 1 heterocycles. The van der Waals surface area contributed by atoms with Gasteiger partial charge in [0, 0.05) is 23.4 Å². The van der Waals surface area contributed by atoms with Gasteiger partial charge in [-0.3, -0.25) is 20.2 Å². The first-order chi connectivity index (χ1) is 13.3. The minimum absolute atomic E-state index is 0.132. The van der Waals surface area contributed by atoms with E-state index in [2.05, 4.69) is 48.4 Å². The lowest BCUT2D eigenvalue weighted by molar-refractivity contribution is -0.384. The minimum Gasteiger partial charge on any atom is -0.296 e. The van der Waals surface area contributed by atoms with Crippen LogP contribution in [0.1, 0.15) is 44.0 Å². The fourth-order valence-electron chi connectivity index (χ4n) is 2.19. The third kappa shape index (κ3) is 7.24. The summed E-state index contributed by atoms with van der Waals surface area (Å²) in [5.74, 6) is 0.333. The maximum absolute atomic E-state index is 12.2. The fourth-order valence-corrected chi connectivity index (χ4v) is 3.95. The van der Waals surface area contributed by atoms with E-state index in [1.54, 1.807) is 11.8 Å². The highest BCUT2D eigenvalue weighted by atomic mass is 32.2. The van der Waals surface area contributed by atoms with Gasteiger partial charge in [0.1, 0.15) is 0 Å². The Balaban J connectivity index is 1.86. The molecule has 0 spiro atoms. The van der Waals surface area contributed by atoms with Crippen molar-refractivity contribution in [2.24, 2.45) is 0 Å². The predicted molar refractivity (Wildman–Crippen MR) is 114 cm³/mol. The first-order valence-electron chi connectivity index (χ1n) is 8.66. The SMILES string of the molecule is CC(C)=CCCC(C)=CCSc1nnc(NC(=O)c2cccc([N+](=O)[O-])c2)s1. The van der Waals surface area contributed by atoms with E-state index in [9.17, 15) is 14.9 Å². The number of allylic oxidation sites excluding steroid dienone is 3. The van der Waals surface area contributed by atoms with Crippen LogP contribution in [0.4, 0.5) is 10.8 Å². The van der Waals surface area contributed by atoms with E-state index in [1.807, 2.05) is 0 Å². The summed E-state index contributed by atoms with van der Waals surface area (Å²) in [6.07, 6.45) is 6.48. The molecule has 1 N–H and O–H groups in total. The number of nitrogens with zero attached hydrogens (tertiary/aromatic N) is 3. The lowest BCUT2D eigenvalue weighted by Gasteiger charge is -2.00. The van der Waals surface area contributed by atoms with Gasteiger partial charge in [-0.15, -0.1) is 10.2 Å². The molecule has 0 radical (unpaired) electrons. The van der Waals surface area contributed by atoms with Gasteiger partial charge >= 0.3 is 0 Å². The van der Waals surface area contributed by atoms with Gasteiger partial charge in [-0.05, 0) is 39.7 Å². The predicted octanol–water partition coefficient (Wildman–Crippen LogP) is 5.48. The van der Waals surface area contributed by atoms with Crippen LogP contribution in [0.5, 0.6) is 0 Å². The number of non-ortho nitro benzene ring substituents is 1. The second-order valence-corrected chi connectivity index (χ2v) is 8.56. The van der Waals surface area contributed by atoms with Crippen molar-refractivity contribution in [1.82, 2.24) is 10.2 Å². The molecule has 0 aliphatic carbocycles. The van der Waals surface area contributed by atoms with Crippen LogP contribution >= 0.6 is 23.1 Å². The zero-order chi connectivity index (χ0) is 20.5. The zero-order valence-corrected chi connectivity index (χ0v) is 17.6. The standard InChI is InChI=1S/C19H22N4O3S2/c1-13(2)6-4-7-14(3)10-11-27-19-22-21-18(28-19)20-17(24)15-8-5-9-16(12-15)23(25)26/h5-6,8-10,12H,4,7,11H2,1-3H3,(H,20,21,24). The molecular weight excluding hydrogens is 396 g/mol. The average Bonchev–Trinajstić information content (AvgIpc) is 3.08. The number of amides is 1. The van der Waals surface area contributed by atoms with E-state index in [4.69, 9.17) is 0 Å². The number of carbonyl (C=O) groups is 1. The monoisotopic (exact) mass is 418 g/mol. The summed E-state index contributed by atoms with van der Waals surface area (Å²) in [4.78, 5) is 22.5. The van der Waals surface area contributed by atoms with Crippen LogP contribution in [0.3, 0.4) is 0 Å². The zero-order valence-electron chi connectivity index (χ0n) is 16.0. The molecule has 2 rings (SSSR count). The van der Waals surface area contributed by atoms with Gasteiger partial charge in [-0.2, -0.15) is 0 Å². The van der Waals surface area contributed by atoms with Crippen molar-refractivity contribution in [2.75, 3.05) is 11.1 Å². The minimum atomic E-state index is -0.536. The van der Waals surface area contributed by atoms with Crippen molar-refractivity contribution in [3.8, 4) is 0 Å². The lowest BCUT2D eigenvalue weighted by Crippen LogP contribution is -2.11. The molecule has 0 unspecified atom stereocenters. The number of carbonyl (C=O) groups excluding carboxylic acids is 1. The Morgan fingerprint density at radius 2 is 2.07 bits per heavy atom. The lowest BCUT2D eigenvalue weighted by atomic mass is 10.1. The Kier molecular flexibility index (Phi) is 8.34. The van der Waals surface area contributed by atoms with Gasteiger partial charge in [-0.1, -0.05) is 52.5 Å². The van der Waals surface area contributed by atoms with Crippen molar-refractivity contribution in [3.05, 3.63) is 63.2 Å². The molecule has 1 aromatic heterocycles. The highest BCUT2D eigenvalue weighted by Gasteiger charge is 2.13. The first kappa shape index (κ1) is 21.8. The number of hydrogen-bond acceptors (Lipinski definition) is 7. The number of nitro groups is 1. The van der Waals surface area contributed by atoms with Crippen LogP contribution in [0.15, 0.2) is 51.9 Å². The van der Waals surface area contributed by atoms with E-state index in [0.29, 0.717) is 5.13 Å². The number of nitro benzene ring substituents is 1. The molecule has 28 heavy (non-hydrogen) atoms. The summed E-state index contributed by atoms with van der Waals surface area (Å²) in [6.45, 7) is 6.31. The summed E-state index contributed by atoms with van der Waals surface area (Å²) < 4.78 is 0.752. The molecule has 0 atom stereocenters. The molecule has 0 saturated carbocycles. The molecule has 0 aliphatic heterocycles. The molecule has 2 aromatic rings. The topological polar surface area (TPSA) is 98.0 Å². The van der Waals surface area contributed by atoms with Crippen LogP contribution in [0.2, 0.25) is 0 Å². The molecule has 1 aromatic carbocycles. The number of nitrogens with one attached hydrogen (secondary N) is 1. The highest BCUT2D eigenvalue weighted by molar-refractivity contribution is 8.01. The summed E-state index contributed by atoms with van der Waals surface area (Å²) >= 11 is 2.83. The number of benzene rings is 1. The quantitative estimate of drug-likeness (QED) is 0.190. The average molecular weight is 419 g/mol. The van der Waals surface area contributed by atoms with Crippen LogP contribution in [-0.2, 0) is 0 Å². The molecule has 0 bridgehead atoms. The van der Waals surface area contributed by atoms with Crippen LogP contribution in [0.25, 0.3) is 0 Å². The summed E-state index contributed by atoms with van der Waals surface area (Å²) in [7, 11) is 0. The molecule has 0 fully saturated rings. The van der Waals surface area contributed by atoms with Gasteiger partial charge < -0.3 is 0 Å². The molecule has 0 saturated heterocycles. The van der Waals surface area contributed by atoms with Crippen molar-refractivity contribution < 1.29 is 9.72 Å². The van der Waals surface area contributed by atoms with Crippen molar-refractivity contribution in [2.45, 2.75) is 38.0 Å². The maximum Gasteiger partial charge on any atom is 0.270 e. The van der Waals surface area contributed by atoms with E-state index in [-0.39, 0.29) is 11.3 Å².